The summed E-state index contributed by atoms with van der Waals surface area (Å²) < 4.78 is 5.59. The summed E-state index contributed by atoms with van der Waals surface area (Å²) in [6.07, 6.45) is 3.96. The number of carbonyl (C=O) groups excluding carboxylic acids is 1. The van der Waals surface area contributed by atoms with E-state index in [1.165, 1.54) is 12.0 Å². The second kappa shape index (κ2) is 5.13. The molecule has 0 spiro atoms. The molecule has 1 aliphatic carbocycles. The maximum atomic E-state index is 9.17. The van der Waals surface area contributed by atoms with E-state index in [2.05, 4.69) is 32.0 Å². The van der Waals surface area contributed by atoms with E-state index in [1.54, 1.807) is 5.56 Å². The lowest BCUT2D eigenvalue weighted by Gasteiger charge is -2.08. The van der Waals surface area contributed by atoms with Crippen LogP contribution in [-0.4, -0.2) is 12.9 Å². The van der Waals surface area contributed by atoms with Crippen LogP contribution in [0.3, 0.4) is 0 Å². The first-order chi connectivity index (χ1) is 8.60. The molecule has 1 aromatic carbocycles. The summed E-state index contributed by atoms with van der Waals surface area (Å²) in [5, 5.41) is 0. The van der Waals surface area contributed by atoms with E-state index < -0.39 is 0 Å². The van der Waals surface area contributed by atoms with Gasteiger partial charge in [-0.1, -0.05) is 32.9 Å². The molecule has 0 N–H and O–H groups in total. The summed E-state index contributed by atoms with van der Waals surface area (Å²) in [5.74, 6) is 1.91. The van der Waals surface area contributed by atoms with Crippen molar-refractivity contribution in [3.05, 3.63) is 29.3 Å². The summed E-state index contributed by atoms with van der Waals surface area (Å²) in [7, 11) is 0. The van der Waals surface area contributed by atoms with Crippen molar-refractivity contribution in [3.63, 3.8) is 0 Å². The first-order valence-corrected chi connectivity index (χ1v) is 6.78. The average Bonchev–Trinajstić information content (AvgIpc) is 2.81. The molecule has 0 aromatic heterocycles. The zero-order valence-corrected chi connectivity index (χ0v) is 11.5. The average molecular weight is 246 g/mol. The second-order valence-corrected chi connectivity index (χ2v) is 5.74. The SMILES string of the molecule is CC1(C)C[C@H]1c1cccc2c1CCO2.CCC=O. The van der Waals surface area contributed by atoms with Crippen molar-refractivity contribution >= 4 is 6.29 Å². The molecule has 1 saturated carbocycles. The van der Waals surface area contributed by atoms with Gasteiger partial charge in [0.25, 0.3) is 0 Å². The molecular formula is C16H22O2. The van der Waals surface area contributed by atoms with Crippen molar-refractivity contribution in [2.24, 2.45) is 5.41 Å². The van der Waals surface area contributed by atoms with Gasteiger partial charge in [0.05, 0.1) is 6.61 Å². The Bertz CT molecular complexity index is 435. The quantitative estimate of drug-likeness (QED) is 0.743. The molecule has 1 heterocycles. The fraction of sp³-hybridized carbons (Fsp3) is 0.562. The van der Waals surface area contributed by atoms with E-state index in [1.807, 2.05) is 6.92 Å². The van der Waals surface area contributed by atoms with Crippen LogP contribution in [0.2, 0.25) is 0 Å². The highest BCUT2D eigenvalue weighted by molar-refractivity contribution is 5.48. The lowest BCUT2D eigenvalue weighted by molar-refractivity contribution is -0.107. The van der Waals surface area contributed by atoms with Crippen LogP contribution < -0.4 is 4.74 Å². The van der Waals surface area contributed by atoms with E-state index >= 15 is 0 Å². The number of fused-ring (bicyclic) bond motifs is 1. The molecule has 2 nitrogen and oxygen atoms in total. The molecule has 0 amide bonds. The van der Waals surface area contributed by atoms with E-state index in [0.717, 1.165) is 31.0 Å². The Balaban J connectivity index is 0.000000267. The highest BCUT2D eigenvalue weighted by Crippen LogP contribution is 2.60. The van der Waals surface area contributed by atoms with Crippen molar-refractivity contribution in [1.29, 1.82) is 0 Å². The van der Waals surface area contributed by atoms with Crippen LogP contribution in [0.1, 0.15) is 50.7 Å². The number of benzene rings is 1. The van der Waals surface area contributed by atoms with Gasteiger partial charge in [0.15, 0.2) is 0 Å². The van der Waals surface area contributed by atoms with Crippen LogP contribution in [0.4, 0.5) is 0 Å². The summed E-state index contributed by atoms with van der Waals surface area (Å²) in [4.78, 5) is 9.17. The maximum absolute atomic E-state index is 9.17. The van der Waals surface area contributed by atoms with Gasteiger partial charge in [0.2, 0.25) is 0 Å². The summed E-state index contributed by atoms with van der Waals surface area (Å²) in [6.45, 7) is 7.40. The Hall–Kier alpha value is -1.31. The number of rotatable bonds is 2. The van der Waals surface area contributed by atoms with Crippen molar-refractivity contribution < 1.29 is 9.53 Å². The Morgan fingerprint density at radius 3 is 2.67 bits per heavy atom. The van der Waals surface area contributed by atoms with Gasteiger partial charge in [0, 0.05) is 18.4 Å². The first kappa shape index (κ1) is 13.1. The number of carbonyl (C=O) groups is 1. The van der Waals surface area contributed by atoms with Crippen LogP contribution >= 0.6 is 0 Å². The summed E-state index contributed by atoms with van der Waals surface area (Å²) in [5.41, 5.74) is 3.55. The van der Waals surface area contributed by atoms with Gasteiger partial charge in [-0.2, -0.15) is 0 Å². The van der Waals surface area contributed by atoms with Crippen molar-refractivity contribution in [1.82, 2.24) is 0 Å². The third-order valence-electron chi connectivity index (χ3n) is 3.83. The zero-order valence-electron chi connectivity index (χ0n) is 11.5. The van der Waals surface area contributed by atoms with Gasteiger partial charge < -0.3 is 9.53 Å². The Morgan fingerprint density at radius 2 is 2.11 bits per heavy atom. The monoisotopic (exact) mass is 246 g/mol. The topological polar surface area (TPSA) is 26.3 Å². The molecule has 1 fully saturated rings. The standard InChI is InChI=1S/C13H16O.C3H6O/c1-13(2)8-11(13)9-4-3-5-12-10(9)6-7-14-12;1-2-3-4/h3-5,11H,6-8H2,1-2H3;3H,2H2,1H3/t11-;/m0./s1. The molecule has 2 aliphatic rings. The van der Waals surface area contributed by atoms with Crippen molar-refractivity contribution in [2.75, 3.05) is 6.61 Å². The van der Waals surface area contributed by atoms with Gasteiger partial charge in [-0.3, -0.25) is 0 Å². The van der Waals surface area contributed by atoms with Gasteiger partial charge in [-0.05, 0) is 29.4 Å². The fourth-order valence-corrected chi connectivity index (χ4v) is 2.57. The van der Waals surface area contributed by atoms with Crippen LogP contribution in [-0.2, 0) is 11.2 Å². The normalized spacial score (nSPS) is 22.3. The summed E-state index contributed by atoms with van der Waals surface area (Å²) in [6, 6.07) is 6.52. The number of hydrogen-bond donors (Lipinski definition) is 0. The number of hydrogen-bond acceptors (Lipinski definition) is 2. The molecule has 0 saturated heterocycles. The molecule has 2 heteroatoms. The van der Waals surface area contributed by atoms with E-state index in [4.69, 9.17) is 4.74 Å². The van der Waals surface area contributed by atoms with Gasteiger partial charge in [0.1, 0.15) is 12.0 Å². The Kier molecular flexibility index (Phi) is 3.74. The summed E-state index contributed by atoms with van der Waals surface area (Å²) >= 11 is 0. The van der Waals surface area contributed by atoms with E-state index in [9.17, 15) is 4.79 Å². The Labute approximate surface area is 109 Å². The molecule has 3 rings (SSSR count). The van der Waals surface area contributed by atoms with Crippen molar-refractivity contribution in [3.8, 4) is 5.75 Å². The lowest BCUT2D eigenvalue weighted by Crippen LogP contribution is -1.94. The molecule has 0 bridgehead atoms. The number of aldehydes is 1. The highest BCUT2D eigenvalue weighted by atomic mass is 16.5. The molecule has 1 atom stereocenters. The van der Waals surface area contributed by atoms with Crippen LogP contribution in [0, 0.1) is 5.41 Å². The molecular weight excluding hydrogens is 224 g/mol. The largest absolute Gasteiger partial charge is 0.493 e. The lowest BCUT2D eigenvalue weighted by atomic mass is 9.97. The minimum absolute atomic E-state index is 0.526. The molecule has 98 valence electrons. The van der Waals surface area contributed by atoms with Crippen molar-refractivity contribution in [2.45, 2.75) is 46.0 Å². The number of ether oxygens (including phenoxy) is 1. The van der Waals surface area contributed by atoms with Crippen LogP contribution in [0.15, 0.2) is 18.2 Å². The zero-order chi connectivity index (χ0) is 13.2. The Morgan fingerprint density at radius 1 is 1.44 bits per heavy atom. The molecule has 1 aromatic rings. The molecule has 1 aliphatic heterocycles. The van der Waals surface area contributed by atoms with Gasteiger partial charge in [-0.25, -0.2) is 0 Å². The van der Waals surface area contributed by atoms with E-state index in [-0.39, 0.29) is 0 Å². The molecule has 0 unspecified atom stereocenters. The fourth-order valence-electron chi connectivity index (χ4n) is 2.57. The predicted octanol–water partition coefficient (Wildman–Crippen LogP) is 3.73. The second-order valence-electron chi connectivity index (χ2n) is 5.74. The van der Waals surface area contributed by atoms with Crippen LogP contribution in [0.25, 0.3) is 0 Å². The minimum Gasteiger partial charge on any atom is -0.493 e. The maximum Gasteiger partial charge on any atom is 0.122 e. The third-order valence-corrected chi connectivity index (χ3v) is 3.83. The predicted molar refractivity (Wildman–Crippen MR) is 73.1 cm³/mol. The smallest absolute Gasteiger partial charge is 0.122 e. The molecule has 18 heavy (non-hydrogen) atoms. The highest BCUT2D eigenvalue weighted by Gasteiger charge is 2.47. The third kappa shape index (κ3) is 2.58. The van der Waals surface area contributed by atoms with Gasteiger partial charge in [-0.15, -0.1) is 0 Å². The van der Waals surface area contributed by atoms with E-state index in [0.29, 0.717) is 11.8 Å². The first-order valence-electron chi connectivity index (χ1n) is 6.78. The molecule has 0 radical (unpaired) electrons. The minimum atomic E-state index is 0.526. The van der Waals surface area contributed by atoms with Gasteiger partial charge >= 0.3 is 0 Å². The van der Waals surface area contributed by atoms with Crippen LogP contribution in [0.5, 0.6) is 5.75 Å².